The van der Waals surface area contributed by atoms with E-state index in [9.17, 15) is 0 Å². The first-order valence-electron chi connectivity index (χ1n) is 4.29. The first kappa shape index (κ1) is 7.56. The van der Waals surface area contributed by atoms with Crippen LogP contribution in [0.5, 0.6) is 0 Å². The summed E-state index contributed by atoms with van der Waals surface area (Å²) in [5.74, 6) is 0. The number of rotatable bonds is 0. The molecule has 0 amide bonds. The third-order valence-corrected chi connectivity index (χ3v) is 2.41. The molecule has 0 spiro atoms. The van der Waals surface area contributed by atoms with Gasteiger partial charge in [0.05, 0.1) is 0 Å². The number of hydrogen-bond donors (Lipinski definition) is 1. The van der Waals surface area contributed by atoms with Crippen LogP contribution in [0, 0.1) is 6.92 Å². The van der Waals surface area contributed by atoms with Gasteiger partial charge in [0.2, 0.25) is 0 Å². The average Bonchev–Trinajstić information content (AvgIpc) is 2.07. The second-order valence-electron chi connectivity index (χ2n) is 3.37. The molecule has 1 nitrogen and oxygen atoms in total. The Hall–Kier alpha value is -1.08. The topological polar surface area (TPSA) is 26.0 Å². The molecule has 2 N–H and O–H groups in total. The Kier molecular flexibility index (Phi) is 1.74. The summed E-state index contributed by atoms with van der Waals surface area (Å²) < 4.78 is 0. The molecule has 62 valence electrons. The fraction of sp³-hybridized carbons (Fsp3) is 0.273. The van der Waals surface area contributed by atoms with Crippen molar-refractivity contribution < 1.29 is 0 Å². The van der Waals surface area contributed by atoms with Gasteiger partial charge in [-0.15, -0.1) is 0 Å². The maximum Gasteiger partial charge on any atom is 0.0268 e. The van der Waals surface area contributed by atoms with Gasteiger partial charge in [0.25, 0.3) is 0 Å². The normalized spacial score (nSPS) is 20.7. The molecule has 12 heavy (non-hydrogen) atoms. The van der Waals surface area contributed by atoms with Crippen LogP contribution in [0.3, 0.4) is 0 Å². The lowest BCUT2D eigenvalue weighted by Gasteiger charge is -2.17. The van der Waals surface area contributed by atoms with Gasteiger partial charge in [0, 0.05) is 6.04 Å². The van der Waals surface area contributed by atoms with E-state index >= 15 is 0 Å². The molecule has 0 saturated heterocycles. The molecule has 0 fully saturated rings. The van der Waals surface area contributed by atoms with Crippen molar-refractivity contribution in [2.24, 2.45) is 5.73 Å². The van der Waals surface area contributed by atoms with Crippen LogP contribution in [0.4, 0.5) is 0 Å². The number of benzene rings is 1. The molecule has 0 heterocycles. The van der Waals surface area contributed by atoms with Gasteiger partial charge in [-0.1, -0.05) is 30.4 Å². The summed E-state index contributed by atoms with van der Waals surface area (Å²) in [5, 5.41) is 0. The SMILES string of the molecule is Cc1cccc2c1CC(N)C=C2. The molecule has 0 bridgehead atoms. The highest BCUT2D eigenvalue weighted by Gasteiger charge is 2.10. The lowest BCUT2D eigenvalue weighted by atomic mass is 9.91. The molecule has 2 rings (SSSR count). The second kappa shape index (κ2) is 2.76. The molecular weight excluding hydrogens is 146 g/mol. The predicted molar refractivity (Wildman–Crippen MR) is 51.9 cm³/mol. The highest BCUT2D eigenvalue weighted by atomic mass is 14.6. The van der Waals surface area contributed by atoms with Crippen molar-refractivity contribution in [3.63, 3.8) is 0 Å². The minimum atomic E-state index is 0.207. The van der Waals surface area contributed by atoms with Gasteiger partial charge in [-0.05, 0) is 30.0 Å². The van der Waals surface area contributed by atoms with E-state index in [4.69, 9.17) is 5.73 Å². The molecule has 1 unspecified atom stereocenters. The second-order valence-corrected chi connectivity index (χ2v) is 3.37. The van der Waals surface area contributed by atoms with Crippen molar-refractivity contribution in [2.45, 2.75) is 19.4 Å². The smallest absolute Gasteiger partial charge is 0.0268 e. The molecule has 1 aliphatic rings. The van der Waals surface area contributed by atoms with Crippen LogP contribution < -0.4 is 5.73 Å². The van der Waals surface area contributed by atoms with Crippen molar-refractivity contribution >= 4 is 6.08 Å². The maximum atomic E-state index is 5.83. The number of fused-ring (bicyclic) bond motifs is 1. The quantitative estimate of drug-likeness (QED) is 0.614. The van der Waals surface area contributed by atoms with Gasteiger partial charge in [0.1, 0.15) is 0 Å². The van der Waals surface area contributed by atoms with Crippen molar-refractivity contribution in [1.82, 2.24) is 0 Å². The van der Waals surface area contributed by atoms with Crippen LogP contribution in [0.15, 0.2) is 24.3 Å². The minimum Gasteiger partial charge on any atom is -0.324 e. The molecule has 1 aliphatic carbocycles. The standard InChI is InChI=1S/C11H13N/c1-8-3-2-4-9-5-6-10(12)7-11(8)9/h2-6,10H,7,12H2,1H3. The van der Waals surface area contributed by atoms with Crippen molar-refractivity contribution in [3.05, 3.63) is 41.0 Å². The van der Waals surface area contributed by atoms with E-state index < -0.39 is 0 Å². The number of aryl methyl sites for hydroxylation is 1. The molecule has 0 aliphatic heterocycles. The molecular formula is C11H13N. The Balaban J connectivity index is 2.53. The summed E-state index contributed by atoms with van der Waals surface area (Å²) in [4.78, 5) is 0. The molecule has 1 aromatic rings. The minimum absolute atomic E-state index is 0.207. The molecule has 0 radical (unpaired) electrons. The fourth-order valence-corrected chi connectivity index (χ4v) is 1.69. The Labute approximate surface area is 72.9 Å². The summed E-state index contributed by atoms with van der Waals surface area (Å²) in [7, 11) is 0. The largest absolute Gasteiger partial charge is 0.324 e. The van der Waals surface area contributed by atoms with Crippen LogP contribution in [0.1, 0.15) is 16.7 Å². The van der Waals surface area contributed by atoms with E-state index in [2.05, 4.69) is 37.3 Å². The van der Waals surface area contributed by atoms with Gasteiger partial charge in [-0.3, -0.25) is 0 Å². The summed E-state index contributed by atoms with van der Waals surface area (Å²) in [6, 6.07) is 6.59. The monoisotopic (exact) mass is 159 g/mol. The van der Waals surface area contributed by atoms with Gasteiger partial charge in [-0.25, -0.2) is 0 Å². The zero-order chi connectivity index (χ0) is 8.55. The Morgan fingerprint density at radius 3 is 3.08 bits per heavy atom. The van der Waals surface area contributed by atoms with Gasteiger partial charge >= 0.3 is 0 Å². The lowest BCUT2D eigenvalue weighted by molar-refractivity contribution is 0.797. The van der Waals surface area contributed by atoms with Crippen molar-refractivity contribution in [1.29, 1.82) is 0 Å². The molecule has 1 heteroatoms. The molecule has 1 atom stereocenters. The summed E-state index contributed by atoms with van der Waals surface area (Å²) in [5.41, 5.74) is 9.93. The summed E-state index contributed by atoms with van der Waals surface area (Å²) >= 11 is 0. The number of hydrogen-bond acceptors (Lipinski definition) is 1. The van der Waals surface area contributed by atoms with Crippen LogP contribution in [-0.4, -0.2) is 6.04 Å². The van der Waals surface area contributed by atoms with Crippen LogP contribution >= 0.6 is 0 Å². The van der Waals surface area contributed by atoms with Gasteiger partial charge in [0.15, 0.2) is 0 Å². The maximum absolute atomic E-state index is 5.83. The van der Waals surface area contributed by atoms with Gasteiger partial charge < -0.3 is 5.73 Å². The molecule has 1 aromatic carbocycles. The molecule has 0 saturated carbocycles. The predicted octanol–water partition coefficient (Wildman–Crippen LogP) is 1.89. The Morgan fingerprint density at radius 1 is 1.42 bits per heavy atom. The van der Waals surface area contributed by atoms with E-state index in [-0.39, 0.29) is 6.04 Å². The zero-order valence-electron chi connectivity index (χ0n) is 7.25. The number of nitrogens with two attached hydrogens (primary N) is 1. The zero-order valence-corrected chi connectivity index (χ0v) is 7.25. The van der Waals surface area contributed by atoms with Crippen molar-refractivity contribution in [2.75, 3.05) is 0 Å². The van der Waals surface area contributed by atoms with Crippen molar-refractivity contribution in [3.8, 4) is 0 Å². The lowest BCUT2D eigenvalue weighted by Crippen LogP contribution is -2.23. The average molecular weight is 159 g/mol. The van der Waals surface area contributed by atoms with E-state index in [1.807, 2.05) is 0 Å². The highest BCUT2D eigenvalue weighted by Crippen LogP contribution is 2.21. The molecule has 0 aromatic heterocycles. The fourth-order valence-electron chi connectivity index (χ4n) is 1.69. The Morgan fingerprint density at radius 2 is 2.25 bits per heavy atom. The highest BCUT2D eigenvalue weighted by molar-refractivity contribution is 5.59. The van der Waals surface area contributed by atoms with Gasteiger partial charge in [-0.2, -0.15) is 0 Å². The third-order valence-electron chi connectivity index (χ3n) is 2.41. The first-order valence-corrected chi connectivity index (χ1v) is 4.29. The summed E-state index contributed by atoms with van der Waals surface area (Å²) in [6.45, 7) is 2.14. The first-order chi connectivity index (χ1) is 5.77. The van der Waals surface area contributed by atoms with E-state index in [1.54, 1.807) is 0 Å². The van der Waals surface area contributed by atoms with E-state index in [1.165, 1.54) is 16.7 Å². The van der Waals surface area contributed by atoms with Crippen LogP contribution in [-0.2, 0) is 6.42 Å². The van der Waals surface area contributed by atoms with E-state index in [0.717, 1.165) is 6.42 Å². The van der Waals surface area contributed by atoms with E-state index in [0.29, 0.717) is 0 Å². The third kappa shape index (κ3) is 1.16. The summed E-state index contributed by atoms with van der Waals surface area (Å²) in [6.07, 6.45) is 5.18. The van der Waals surface area contributed by atoms with Crippen LogP contribution in [0.2, 0.25) is 0 Å². The Bertz CT molecular complexity index is 326. The van der Waals surface area contributed by atoms with Crippen LogP contribution in [0.25, 0.3) is 6.08 Å².